The summed E-state index contributed by atoms with van der Waals surface area (Å²) in [6.45, 7) is 3.82. The molecule has 9 heteroatoms. The van der Waals surface area contributed by atoms with Crippen LogP contribution in [-0.2, 0) is 22.6 Å². The lowest BCUT2D eigenvalue weighted by Crippen LogP contribution is -2.23. The van der Waals surface area contributed by atoms with Gasteiger partial charge in [0, 0.05) is 17.2 Å². The zero-order valence-electron chi connectivity index (χ0n) is 18.5. The van der Waals surface area contributed by atoms with Crippen molar-refractivity contribution in [3.63, 3.8) is 0 Å². The number of carboxylic acids is 1. The number of fused-ring (bicyclic) bond motifs is 1. The zero-order valence-corrected chi connectivity index (χ0v) is 19.3. The topological polar surface area (TPSA) is 114 Å². The van der Waals surface area contributed by atoms with Crippen molar-refractivity contribution in [3.05, 3.63) is 63.7 Å². The molecule has 33 heavy (non-hydrogen) atoms. The third-order valence-electron chi connectivity index (χ3n) is 5.45. The predicted molar refractivity (Wildman–Crippen MR) is 125 cm³/mol. The largest absolute Gasteiger partial charge is 0.496 e. The smallest absolute Gasteiger partial charge is 0.341 e. The van der Waals surface area contributed by atoms with Crippen LogP contribution in [0.15, 0.2) is 36.4 Å². The summed E-state index contributed by atoms with van der Waals surface area (Å²) < 4.78 is 10.9. The average molecular weight is 473 g/mol. The number of benzene rings is 2. The summed E-state index contributed by atoms with van der Waals surface area (Å²) in [6, 6.07) is 6.22. The molecule has 0 radical (unpaired) electrons. The van der Waals surface area contributed by atoms with E-state index in [1.807, 2.05) is 13.8 Å². The monoisotopic (exact) mass is 472 g/mol. The number of rotatable bonds is 8. The zero-order chi connectivity index (χ0) is 24.1. The minimum atomic E-state index is -1.02. The third-order valence-corrected chi connectivity index (χ3v) is 5.78. The van der Waals surface area contributed by atoms with Crippen molar-refractivity contribution in [2.45, 2.75) is 33.3 Å². The van der Waals surface area contributed by atoms with Gasteiger partial charge in [0.25, 0.3) is 0 Å². The molecule has 174 valence electrons. The minimum absolute atomic E-state index is 0.0591. The van der Waals surface area contributed by atoms with Crippen molar-refractivity contribution in [2.24, 2.45) is 5.92 Å². The number of carbonyl (C=O) groups is 3. The van der Waals surface area contributed by atoms with Gasteiger partial charge >= 0.3 is 18.0 Å². The molecule has 1 heterocycles. The van der Waals surface area contributed by atoms with Crippen LogP contribution in [0.25, 0.3) is 0 Å². The van der Waals surface area contributed by atoms with Crippen LogP contribution in [0.1, 0.15) is 40.4 Å². The van der Waals surface area contributed by atoms with Gasteiger partial charge in [0.1, 0.15) is 12.4 Å². The molecule has 2 aromatic rings. The molecule has 1 aliphatic rings. The van der Waals surface area contributed by atoms with Crippen LogP contribution in [0.2, 0.25) is 5.02 Å². The van der Waals surface area contributed by atoms with Crippen molar-refractivity contribution in [1.82, 2.24) is 0 Å². The highest BCUT2D eigenvalue weighted by molar-refractivity contribution is 6.33. The Labute approximate surface area is 196 Å². The van der Waals surface area contributed by atoms with Crippen LogP contribution in [0.4, 0.5) is 16.2 Å². The van der Waals surface area contributed by atoms with Gasteiger partial charge in [-0.1, -0.05) is 36.7 Å². The fraction of sp³-hybridized carbons (Fsp3) is 0.292. The van der Waals surface area contributed by atoms with Crippen LogP contribution in [-0.4, -0.2) is 30.2 Å². The van der Waals surface area contributed by atoms with Crippen LogP contribution >= 0.6 is 11.6 Å². The lowest BCUT2D eigenvalue weighted by atomic mass is 9.91. The van der Waals surface area contributed by atoms with Crippen molar-refractivity contribution >= 4 is 40.9 Å². The first-order chi connectivity index (χ1) is 15.7. The second kappa shape index (κ2) is 10.4. The van der Waals surface area contributed by atoms with E-state index >= 15 is 0 Å². The molecule has 3 N–H and O–H groups in total. The van der Waals surface area contributed by atoms with E-state index in [2.05, 4.69) is 10.6 Å². The summed E-state index contributed by atoms with van der Waals surface area (Å²) in [5.41, 5.74) is 3.09. The number of cyclic esters (lactones) is 1. The molecule has 2 aromatic carbocycles. The van der Waals surface area contributed by atoms with E-state index in [4.69, 9.17) is 26.2 Å². The molecular weight excluding hydrogens is 448 g/mol. The van der Waals surface area contributed by atoms with E-state index in [-0.39, 0.29) is 12.5 Å². The molecule has 0 fully saturated rings. The van der Waals surface area contributed by atoms with Crippen molar-refractivity contribution < 1.29 is 29.0 Å². The molecule has 0 saturated carbocycles. The number of para-hydroxylation sites is 1. The Morgan fingerprint density at radius 3 is 2.70 bits per heavy atom. The summed E-state index contributed by atoms with van der Waals surface area (Å²) in [5.74, 6) is -1.05. The maximum atomic E-state index is 12.8. The molecule has 2 amide bonds. The Morgan fingerprint density at radius 2 is 2.03 bits per heavy atom. The maximum Gasteiger partial charge on any atom is 0.341 e. The lowest BCUT2D eigenvalue weighted by Gasteiger charge is -2.21. The van der Waals surface area contributed by atoms with Gasteiger partial charge < -0.3 is 25.2 Å². The number of amides is 2. The summed E-state index contributed by atoms with van der Waals surface area (Å²) in [5, 5.41) is 14.7. The van der Waals surface area contributed by atoms with Gasteiger partial charge in [-0.05, 0) is 43.4 Å². The van der Waals surface area contributed by atoms with E-state index in [0.717, 1.165) is 11.6 Å². The Morgan fingerprint density at radius 1 is 1.30 bits per heavy atom. The number of urea groups is 1. The van der Waals surface area contributed by atoms with Crippen LogP contribution < -0.4 is 15.4 Å². The minimum Gasteiger partial charge on any atom is -0.496 e. The van der Waals surface area contributed by atoms with Crippen LogP contribution in [0.3, 0.4) is 0 Å². The maximum absolute atomic E-state index is 12.8. The Bertz CT molecular complexity index is 1130. The summed E-state index contributed by atoms with van der Waals surface area (Å²) in [6.07, 6.45) is 3.69. The molecule has 0 bridgehead atoms. The number of halogens is 1. The SMILES string of the molecule is COc1c(C)c2c(c(NC(=O)Nc3ccccc3Cl)c1CCC(C)/C=C/C(=O)O)C(=O)OC2. The quantitative estimate of drug-likeness (QED) is 0.360. The second-order valence-corrected chi connectivity index (χ2v) is 8.12. The van der Waals surface area contributed by atoms with E-state index in [0.29, 0.717) is 51.7 Å². The first kappa shape index (κ1) is 24.1. The van der Waals surface area contributed by atoms with Crippen molar-refractivity contribution in [1.29, 1.82) is 0 Å². The highest BCUT2D eigenvalue weighted by Crippen LogP contribution is 2.42. The molecule has 0 aliphatic carbocycles. The molecule has 0 aromatic heterocycles. The fourth-order valence-electron chi connectivity index (χ4n) is 3.78. The number of hydrogen-bond donors (Lipinski definition) is 3. The molecule has 8 nitrogen and oxygen atoms in total. The Hall–Kier alpha value is -3.52. The number of carbonyl (C=O) groups excluding carboxylic acids is 2. The number of methoxy groups -OCH3 is 1. The molecule has 1 aliphatic heterocycles. The van der Waals surface area contributed by atoms with Gasteiger partial charge in [-0.25, -0.2) is 14.4 Å². The molecule has 0 spiro atoms. The van der Waals surface area contributed by atoms with Gasteiger partial charge in [0.05, 0.1) is 29.1 Å². The molecule has 1 atom stereocenters. The second-order valence-electron chi connectivity index (χ2n) is 7.71. The first-order valence-electron chi connectivity index (χ1n) is 10.4. The lowest BCUT2D eigenvalue weighted by molar-refractivity contribution is -0.131. The number of carboxylic acid groups (broad SMARTS) is 1. The molecule has 0 saturated heterocycles. The number of allylic oxidation sites excluding steroid dienone is 1. The number of ether oxygens (including phenoxy) is 2. The Kier molecular flexibility index (Phi) is 7.60. The molecule has 1 unspecified atom stereocenters. The number of nitrogens with one attached hydrogen (secondary N) is 2. The van der Waals surface area contributed by atoms with Crippen LogP contribution in [0.5, 0.6) is 5.75 Å². The Balaban J connectivity index is 1.98. The number of anilines is 2. The molecular formula is C24H25ClN2O6. The number of aliphatic carboxylic acids is 1. The third kappa shape index (κ3) is 5.46. The normalized spacial score (nSPS) is 13.4. The molecule has 3 rings (SSSR count). The summed E-state index contributed by atoms with van der Waals surface area (Å²) >= 11 is 6.14. The fourth-order valence-corrected chi connectivity index (χ4v) is 3.96. The highest BCUT2D eigenvalue weighted by atomic mass is 35.5. The van der Waals surface area contributed by atoms with Gasteiger partial charge in [-0.3, -0.25) is 0 Å². The van der Waals surface area contributed by atoms with Crippen LogP contribution in [0, 0.1) is 12.8 Å². The van der Waals surface area contributed by atoms with Gasteiger partial charge in [0.15, 0.2) is 0 Å². The van der Waals surface area contributed by atoms with Gasteiger partial charge in [-0.2, -0.15) is 0 Å². The number of esters is 1. The standard InChI is InChI=1S/C24H25ClN2O6/c1-13(9-11-19(28)29)8-10-15-21(27-24(31)26-18-7-5-4-6-17(18)25)20-16(12-33-23(20)30)14(2)22(15)32-3/h4-7,9,11,13H,8,10,12H2,1-3H3,(H,28,29)(H2,26,27,31)/b11-9+. The van der Waals surface area contributed by atoms with E-state index < -0.39 is 18.0 Å². The first-order valence-corrected chi connectivity index (χ1v) is 10.7. The van der Waals surface area contributed by atoms with E-state index in [1.165, 1.54) is 7.11 Å². The summed E-state index contributed by atoms with van der Waals surface area (Å²) in [4.78, 5) is 36.2. The predicted octanol–water partition coefficient (Wildman–Crippen LogP) is 5.18. The number of hydrogen-bond acceptors (Lipinski definition) is 5. The average Bonchev–Trinajstić information content (AvgIpc) is 3.16. The van der Waals surface area contributed by atoms with E-state index in [9.17, 15) is 14.4 Å². The highest BCUT2D eigenvalue weighted by Gasteiger charge is 2.33. The van der Waals surface area contributed by atoms with Crippen molar-refractivity contribution in [3.8, 4) is 5.75 Å². The summed E-state index contributed by atoms with van der Waals surface area (Å²) in [7, 11) is 1.53. The van der Waals surface area contributed by atoms with Crippen molar-refractivity contribution in [2.75, 3.05) is 17.7 Å². The van der Waals surface area contributed by atoms with Gasteiger partial charge in [-0.15, -0.1) is 0 Å². The van der Waals surface area contributed by atoms with Gasteiger partial charge in [0.2, 0.25) is 0 Å². The van der Waals surface area contributed by atoms with E-state index in [1.54, 1.807) is 30.3 Å².